The van der Waals surface area contributed by atoms with Gasteiger partial charge in [0.1, 0.15) is 0 Å². The zero-order chi connectivity index (χ0) is 16.7. The molecule has 1 aliphatic carbocycles. The Labute approximate surface area is 163 Å². The van der Waals surface area contributed by atoms with Crippen LogP contribution in [0.25, 0.3) is 0 Å². The summed E-state index contributed by atoms with van der Waals surface area (Å²) in [5.74, 6) is 0.895. The molecule has 0 saturated carbocycles. The van der Waals surface area contributed by atoms with Crippen LogP contribution in [0, 0.1) is 13.8 Å². The number of guanidine groups is 1. The van der Waals surface area contributed by atoms with Gasteiger partial charge in [-0.3, -0.25) is 4.68 Å². The van der Waals surface area contributed by atoms with E-state index in [1.54, 1.807) is 5.57 Å². The van der Waals surface area contributed by atoms with Crippen LogP contribution in [0.4, 0.5) is 0 Å². The molecule has 1 aliphatic rings. The van der Waals surface area contributed by atoms with Crippen molar-refractivity contribution in [2.75, 3.05) is 13.1 Å². The molecule has 2 rings (SSSR count). The third kappa shape index (κ3) is 6.11. The summed E-state index contributed by atoms with van der Waals surface area (Å²) in [6.45, 7) is 8.74. The minimum atomic E-state index is 0. The molecule has 2 N–H and O–H groups in total. The van der Waals surface area contributed by atoms with E-state index in [9.17, 15) is 0 Å². The average molecular weight is 445 g/mol. The highest BCUT2D eigenvalue weighted by atomic mass is 127. The number of allylic oxidation sites excluding steroid dienone is 1. The number of aliphatic imine (C=N–C) groups is 1. The molecule has 136 valence electrons. The SMILES string of the molecule is CCNC(=NCc1c(C)nn(C)c1C)NCCC1=CCCCC1.I. The van der Waals surface area contributed by atoms with Crippen LogP contribution in [0.1, 0.15) is 56.0 Å². The first-order valence-corrected chi connectivity index (χ1v) is 8.81. The smallest absolute Gasteiger partial charge is 0.191 e. The molecule has 0 atom stereocenters. The number of halogens is 1. The molecule has 0 saturated heterocycles. The van der Waals surface area contributed by atoms with Crippen molar-refractivity contribution in [2.45, 2.75) is 59.4 Å². The van der Waals surface area contributed by atoms with Crippen molar-refractivity contribution in [3.05, 3.63) is 28.6 Å². The summed E-state index contributed by atoms with van der Waals surface area (Å²) in [4.78, 5) is 4.72. The summed E-state index contributed by atoms with van der Waals surface area (Å²) in [7, 11) is 1.98. The van der Waals surface area contributed by atoms with Crippen LogP contribution < -0.4 is 10.6 Å². The van der Waals surface area contributed by atoms with Crippen molar-refractivity contribution in [1.82, 2.24) is 20.4 Å². The first-order valence-electron chi connectivity index (χ1n) is 8.81. The third-order valence-electron chi connectivity index (χ3n) is 4.52. The second kappa shape index (κ2) is 10.7. The lowest BCUT2D eigenvalue weighted by atomic mass is 9.97. The fourth-order valence-corrected chi connectivity index (χ4v) is 3.02. The van der Waals surface area contributed by atoms with Gasteiger partial charge in [-0.2, -0.15) is 5.10 Å². The van der Waals surface area contributed by atoms with Gasteiger partial charge in [0.25, 0.3) is 0 Å². The molecule has 24 heavy (non-hydrogen) atoms. The van der Waals surface area contributed by atoms with E-state index in [0.717, 1.165) is 31.2 Å². The zero-order valence-corrected chi connectivity index (χ0v) is 17.8. The van der Waals surface area contributed by atoms with E-state index in [2.05, 4.69) is 35.7 Å². The van der Waals surface area contributed by atoms with E-state index < -0.39 is 0 Å². The molecule has 0 aliphatic heterocycles. The van der Waals surface area contributed by atoms with Gasteiger partial charge in [-0.25, -0.2) is 4.99 Å². The monoisotopic (exact) mass is 445 g/mol. The summed E-state index contributed by atoms with van der Waals surface area (Å²) in [5.41, 5.74) is 5.07. The lowest BCUT2D eigenvalue weighted by molar-refractivity contribution is 0.665. The van der Waals surface area contributed by atoms with Gasteiger partial charge in [-0.1, -0.05) is 11.6 Å². The Morgan fingerprint density at radius 1 is 1.29 bits per heavy atom. The van der Waals surface area contributed by atoms with E-state index in [1.807, 2.05) is 18.7 Å². The van der Waals surface area contributed by atoms with Gasteiger partial charge in [-0.05, 0) is 52.9 Å². The molecule has 5 nitrogen and oxygen atoms in total. The molecule has 0 fully saturated rings. The fourth-order valence-electron chi connectivity index (χ4n) is 3.02. The van der Waals surface area contributed by atoms with Crippen molar-refractivity contribution in [3.63, 3.8) is 0 Å². The molecule has 1 aromatic heterocycles. The maximum absolute atomic E-state index is 4.72. The molecule has 0 amide bonds. The van der Waals surface area contributed by atoms with Gasteiger partial charge in [0.15, 0.2) is 5.96 Å². The molecule has 0 bridgehead atoms. The second-order valence-electron chi connectivity index (χ2n) is 6.25. The Morgan fingerprint density at radius 3 is 2.67 bits per heavy atom. The van der Waals surface area contributed by atoms with Gasteiger partial charge in [0.2, 0.25) is 0 Å². The van der Waals surface area contributed by atoms with E-state index in [1.165, 1.54) is 36.9 Å². The van der Waals surface area contributed by atoms with Crippen LogP contribution in [0.15, 0.2) is 16.6 Å². The first-order chi connectivity index (χ1) is 11.1. The van der Waals surface area contributed by atoms with Crippen molar-refractivity contribution < 1.29 is 0 Å². The Kier molecular flexibility index (Phi) is 9.39. The fraction of sp³-hybridized carbons (Fsp3) is 0.667. The van der Waals surface area contributed by atoms with E-state index in [4.69, 9.17) is 4.99 Å². The number of rotatable bonds is 6. The lowest BCUT2D eigenvalue weighted by Crippen LogP contribution is -2.37. The molecular weight excluding hydrogens is 413 g/mol. The predicted molar refractivity (Wildman–Crippen MR) is 112 cm³/mol. The highest BCUT2D eigenvalue weighted by molar-refractivity contribution is 14.0. The number of nitrogens with zero attached hydrogens (tertiary/aromatic N) is 3. The summed E-state index contributed by atoms with van der Waals surface area (Å²) < 4.78 is 1.93. The van der Waals surface area contributed by atoms with Crippen molar-refractivity contribution in [2.24, 2.45) is 12.0 Å². The zero-order valence-electron chi connectivity index (χ0n) is 15.5. The average Bonchev–Trinajstić information content (AvgIpc) is 2.79. The number of nitrogens with one attached hydrogen (secondary N) is 2. The molecule has 0 aromatic carbocycles. The molecule has 0 spiro atoms. The predicted octanol–water partition coefficient (Wildman–Crippen LogP) is 3.60. The van der Waals surface area contributed by atoms with Crippen LogP contribution in [0.3, 0.4) is 0 Å². The number of hydrogen-bond donors (Lipinski definition) is 2. The number of hydrogen-bond acceptors (Lipinski definition) is 2. The normalized spacial score (nSPS) is 14.8. The Bertz CT molecular complexity index is 574. The van der Waals surface area contributed by atoms with Crippen molar-refractivity contribution in [3.8, 4) is 0 Å². The number of aromatic nitrogens is 2. The van der Waals surface area contributed by atoms with Crippen LogP contribution in [0.2, 0.25) is 0 Å². The Hall–Kier alpha value is -1.05. The van der Waals surface area contributed by atoms with Crippen molar-refractivity contribution >= 4 is 29.9 Å². The molecule has 1 heterocycles. The summed E-state index contributed by atoms with van der Waals surface area (Å²) >= 11 is 0. The minimum Gasteiger partial charge on any atom is -0.357 e. The molecule has 0 unspecified atom stereocenters. The van der Waals surface area contributed by atoms with Crippen LogP contribution in [-0.4, -0.2) is 28.8 Å². The molecule has 1 aromatic rings. The largest absolute Gasteiger partial charge is 0.357 e. The Balaban J connectivity index is 0.00000288. The highest BCUT2D eigenvalue weighted by Crippen LogP contribution is 2.19. The molecule has 0 radical (unpaired) electrons. The van der Waals surface area contributed by atoms with Gasteiger partial charge in [0.05, 0.1) is 12.2 Å². The summed E-state index contributed by atoms with van der Waals surface area (Å²) in [6, 6.07) is 0. The van der Waals surface area contributed by atoms with Crippen LogP contribution in [0.5, 0.6) is 0 Å². The highest BCUT2D eigenvalue weighted by Gasteiger charge is 2.09. The molecular formula is C18H32IN5. The first kappa shape index (κ1) is 21.0. The van der Waals surface area contributed by atoms with E-state index in [0.29, 0.717) is 6.54 Å². The standard InChI is InChI=1S/C18H31N5.HI/c1-5-19-18(20-12-11-16-9-7-6-8-10-16)21-13-17-14(2)22-23(4)15(17)3;/h9H,5-8,10-13H2,1-4H3,(H2,19,20,21);1H. The van der Waals surface area contributed by atoms with Gasteiger partial charge >= 0.3 is 0 Å². The topological polar surface area (TPSA) is 54.2 Å². The maximum Gasteiger partial charge on any atom is 0.191 e. The van der Waals surface area contributed by atoms with E-state index >= 15 is 0 Å². The summed E-state index contributed by atoms with van der Waals surface area (Å²) in [6.07, 6.45) is 8.75. The lowest BCUT2D eigenvalue weighted by Gasteiger charge is -2.15. The quantitative estimate of drug-likeness (QED) is 0.305. The van der Waals surface area contributed by atoms with Gasteiger partial charge in [0, 0.05) is 31.4 Å². The van der Waals surface area contributed by atoms with Crippen LogP contribution >= 0.6 is 24.0 Å². The maximum atomic E-state index is 4.72. The summed E-state index contributed by atoms with van der Waals surface area (Å²) in [5, 5.41) is 11.2. The Morgan fingerprint density at radius 2 is 2.08 bits per heavy atom. The van der Waals surface area contributed by atoms with Gasteiger partial charge in [-0.15, -0.1) is 24.0 Å². The second-order valence-corrected chi connectivity index (χ2v) is 6.25. The third-order valence-corrected chi connectivity index (χ3v) is 4.52. The molecule has 6 heteroatoms. The minimum absolute atomic E-state index is 0. The van der Waals surface area contributed by atoms with Crippen molar-refractivity contribution in [1.29, 1.82) is 0 Å². The van der Waals surface area contributed by atoms with Crippen LogP contribution in [-0.2, 0) is 13.6 Å². The van der Waals surface area contributed by atoms with E-state index in [-0.39, 0.29) is 24.0 Å². The van der Waals surface area contributed by atoms with Gasteiger partial charge < -0.3 is 10.6 Å². The number of aryl methyl sites for hydroxylation is 2.